The molecule has 1 saturated heterocycles. The van der Waals surface area contributed by atoms with Crippen molar-refractivity contribution in [2.24, 2.45) is 7.05 Å². The van der Waals surface area contributed by atoms with Gasteiger partial charge >= 0.3 is 5.91 Å². The molecule has 1 unspecified atom stereocenters. The Balaban J connectivity index is 0.000000187. The number of anilines is 2. The van der Waals surface area contributed by atoms with Gasteiger partial charge in [-0.3, -0.25) is 14.3 Å². The number of aryl methyl sites for hydroxylation is 1. The van der Waals surface area contributed by atoms with Crippen LogP contribution in [-0.4, -0.2) is 103 Å². The molecule has 262 valence electrons. The summed E-state index contributed by atoms with van der Waals surface area (Å²) in [5.41, 5.74) is 13.3. The molecule has 2 aromatic heterocycles. The van der Waals surface area contributed by atoms with E-state index < -0.39 is 11.8 Å². The van der Waals surface area contributed by atoms with E-state index >= 15 is 0 Å². The van der Waals surface area contributed by atoms with Gasteiger partial charge in [-0.15, -0.1) is 0 Å². The number of methoxy groups -OCH3 is 1. The Morgan fingerprint density at radius 1 is 1.10 bits per heavy atom. The third-order valence-electron chi connectivity index (χ3n) is 9.06. The molecular weight excluding hydrogens is 659 g/mol. The van der Waals surface area contributed by atoms with Crippen molar-refractivity contribution < 1.29 is 24.5 Å². The maximum absolute atomic E-state index is 12.8. The molecule has 15 heteroatoms. The SMILES string of the molecule is COc1ccc(C2NNc3ccc(NC=O)cc32)cn1.CS[C@H]1CCN(C(O)(O)C(=O)N2CC=C(c3ccc(-c4ncn(C)n4)cc3)CC2)C1. The lowest BCUT2D eigenvalue weighted by atomic mass is 9.98. The third-order valence-corrected chi connectivity index (χ3v) is 10.1. The Bertz CT molecular complexity index is 1830. The summed E-state index contributed by atoms with van der Waals surface area (Å²) in [4.78, 5) is 34.8. The lowest BCUT2D eigenvalue weighted by Gasteiger charge is -2.36. The van der Waals surface area contributed by atoms with Gasteiger partial charge in [0.05, 0.1) is 18.8 Å². The smallest absolute Gasteiger partial charge is 0.309 e. The minimum Gasteiger partial charge on any atom is -0.481 e. The number of hydrogen-bond acceptors (Lipinski definition) is 12. The summed E-state index contributed by atoms with van der Waals surface area (Å²) in [7, 11) is 3.42. The number of likely N-dealkylation sites (tertiary alicyclic amines) is 1. The highest BCUT2D eigenvalue weighted by Gasteiger charge is 2.46. The number of hydrazine groups is 1. The van der Waals surface area contributed by atoms with Gasteiger partial charge in [0, 0.05) is 67.6 Å². The lowest BCUT2D eigenvalue weighted by molar-refractivity contribution is -0.253. The number of benzene rings is 2. The number of ether oxygens (including phenoxy) is 1. The highest BCUT2D eigenvalue weighted by atomic mass is 32.2. The lowest BCUT2D eigenvalue weighted by Crippen LogP contribution is -2.59. The van der Waals surface area contributed by atoms with Gasteiger partial charge in [-0.25, -0.2) is 20.3 Å². The van der Waals surface area contributed by atoms with Crippen LogP contribution in [0.2, 0.25) is 0 Å². The number of aliphatic hydroxyl groups is 2. The summed E-state index contributed by atoms with van der Waals surface area (Å²) >= 11 is 1.69. The molecule has 2 atom stereocenters. The minimum absolute atomic E-state index is 0.0168. The first-order chi connectivity index (χ1) is 24.2. The first kappa shape index (κ1) is 35.0. The zero-order valence-electron chi connectivity index (χ0n) is 28.1. The van der Waals surface area contributed by atoms with Crippen LogP contribution in [-0.2, 0) is 16.6 Å². The zero-order chi connectivity index (χ0) is 35.3. The van der Waals surface area contributed by atoms with Gasteiger partial charge < -0.3 is 30.6 Å². The summed E-state index contributed by atoms with van der Waals surface area (Å²) in [6.07, 6.45) is 9.61. The Hall–Kier alpha value is -4.80. The van der Waals surface area contributed by atoms with Crippen LogP contribution >= 0.6 is 11.8 Å². The largest absolute Gasteiger partial charge is 0.481 e. The minimum atomic E-state index is -2.44. The van der Waals surface area contributed by atoms with Gasteiger partial charge in [0.2, 0.25) is 12.3 Å². The van der Waals surface area contributed by atoms with E-state index in [9.17, 15) is 19.8 Å². The molecular formula is C35H41N9O5S. The number of nitrogens with zero attached hydrogens (tertiary/aromatic N) is 6. The van der Waals surface area contributed by atoms with Crippen molar-refractivity contribution in [1.29, 1.82) is 0 Å². The molecule has 14 nitrogen and oxygen atoms in total. The van der Waals surface area contributed by atoms with E-state index in [0.29, 0.717) is 56.0 Å². The van der Waals surface area contributed by atoms with Gasteiger partial charge in [-0.05, 0) is 54.0 Å². The molecule has 50 heavy (non-hydrogen) atoms. The molecule has 3 aliphatic rings. The van der Waals surface area contributed by atoms with Crippen molar-refractivity contribution in [3.63, 3.8) is 0 Å². The summed E-state index contributed by atoms with van der Waals surface area (Å²) in [6.45, 7) is 1.83. The van der Waals surface area contributed by atoms with Crippen molar-refractivity contribution in [2.75, 3.05) is 50.3 Å². The summed E-state index contributed by atoms with van der Waals surface area (Å²) < 4.78 is 6.73. The fraction of sp³-hybridized carbons (Fsp3) is 0.343. The van der Waals surface area contributed by atoms with Gasteiger partial charge in [0.15, 0.2) is 5.82 Å². The molecule has 0 bridgehead atoms. The highest BCUT2D eigenvalue weighted by Crippen LogP contribution is 2.35. The number of aromatic nitrogens is 4. The number of fused-ring (bicyclic) bond motifs is 1. The Morgan fingerprint density at radius 2 is 1.90 bits per heavy atom. The second-order valence-electron chi connectivity index (χ2n) is 12.2. The van der Waals surface area contributed by atoms with E-state index in [-0.39, 0.29) is 6.04 Å². The van der Waals surface area contributed by atoms with Gasteiger partial charge in [-0.1, -0.05) is 36.4 Å². The molecule has 0 aliphatic carbocycles. The second kappa shape index (κ2) is 15.4. The second-order valence-corrected chi connectivity index (χ2v) is 13.3. The molecule has 2 aromatic carbocycles. The Kier molecular flexibility index (Phi) is 10.8. The fourth-order valence-corrected chi connectivity index (χ4v) is 6.89. The van der Waals surface area contributed by atoms with Crippen LogP contribution in [0.4, 0.5) is 11.4 Å². The molecule has 0 radical (unpaired) electrons. The normalized spacial score (nSPS) is 18.7. The van der Waals surface area contributed by atoms with E-state index in [1.165, 1.54) is 9.80 Å². The van der Waals surface area contributed by atoms with E-state index in [1.807, 2.05) is 74.0 Å². The predicted molar refractivity (Wildman–Crippen MR) is 192 cm³/mol. The maximum atomic E-state index is 12.8. The number of thioether (sulfide) groups is 1. The maximum Gasteiger partial charge on any atom is 0.309 e. The number of rotatable bonds is 9. The van der Waals surface area contributed by atoms with Crippen LogP contribution in [0.3, 0.4) is 0 Å². The number of carbonyl (C=O) groups is 2. The molecule has 4 aromatic rings. The number of nitrogens with one attached hydrogen (secondary N) is 3. The molecule has 7 rings (SSSR count). The number of amides is 2. The molecule has 0 spiro atoms. The van der Waals surface area contributed by atoms with Crippen molar-refractivity contribution in [3.8, 4) is 17.3 Å². The molecule has 1 fully saturated rings. The summed E-state index contributed by atoms with van der Waals surface area (Å²) in [5, 5.41) is 28.3. The van der Waals surface area contributed by atoms with Gasteiger partial charge in [0.25, 0.3) is 5.91 Å². The van der Waals surface area contributed by atoms with E-state index in [0.717, 1.165) is 45.6 Å². The summed E-state index contributed by atoms with van der Waals surface area (Å²) in [6, 6.07) is 17.5. The molecule has 0 saturated carbocycles. The van der Waals surface area contributed by atoms with Crippen molar-refractivity contribution >= 4 is 41.0 Å². The average molecular weight is 700 g/mol. The van der Waals surface area contributed by atoms with Crippen LogP contribution in [0, 0.1) is 0 Å². The van der Waals surface area contributed by atoms with Crippen LogP contribution in [0.25, 0.3) is 17.0 Å². The Morgan fingerprint density at radius 3 is 2.52 bits per heavy atom. The van der Waals surface area contributed by atoms with Crippen molar-refractivity contribution in [2.45, 2.75) is 30.0 Å². The van der Waals surface area contributed by atoms with E-state index in [4.69, 9.17) is 4.74 Å². The first-order valence-corrected chi connectivity index (χ1v) is 17.5. The average Bonchev–Trinajstić information content (AvgIpc) is 3.92. The number of carbonyl (C=O) groups excluding carboxylic acids is 2. The standard InChI is InChI=1S/C21H27N5O3S.C14H14N4O2/c1-24-14-22-19(23-24)17-5-3-15(4-6-17)16-7-10-25(11-8-16)20(27)21(28,29)26-12-9-18(13-26)30-2;1-20-13-5-2-9(7-15-13)14-11-6-10(16-8-19)3-4-12(11)17-18-14/h3-7,14,18,28-29H,8-13H2,1-2H3;2-8,14,17-18H,1H3,(H,16,19)/t18-;/m0./s1. The van der Waals surface area contributed by atoms with Crippen molar-refractivity contribution in [1.82, 2.24) is 35.0 Å². The topological polar surface area (TPSA) is 170 Å². The van der Waals surface area contributed by atoms with E-state index in [1.54, 1.807) is 36.1 Å². The van der Waals surface area contributed by atoms with Gasteiger partial charge in [0.1, 0.15) is 6.33 Å². The quantitative estimate of drug-likeness (QED) is 0.128. The summed E-state index contributed by atoms with van der Waals surface area (Å²) in [5.74, 6) is -1.81. The van der Waals surface area contributed by atoms with Crippen LogP contribution in [0.15, 0.2) is 73.2 Å². The van der Waals surface area contributed by atoms with Gasteiger partial charge in [-0.2, -0.15) is 16.9 Å². The highest BCUT2D eigenvalue weighted by molar-refractivity contribution is 7.99. The third kappa shape index (κ3) is 7.66. The van der Waals surface area contributed by atoms with Crippen LogP contribution < -0.4 is 20.9 Å². The van der Waals surface area contributed by atoms with Crippen LogP contribution in [0.1, 0.15) is 35.6 Å². The number of pyridine rings is 1. The fourth-order valence-electron chi connectivity index (χ4n) is 6.22. The van der Waals surface area contributed by atoms with E-state index in [2.05, 4.69) is 31.2 Å². The number of hydrogen-bond donors (Lipinski definition) is 5. The van der Waals surface area contributed by atoms with Crippen LogP contribution in [0.5, 0.6) is 5.88 Å². The predicted octanol–water partition coefficient (Wildman–Crippen LogP) is 2.85. The monoisotopic (exact) mass is 699 g/mol. The van der Waals surface area contributed by atoms with Crippen molar-refractivity contribution in [3.05, 3.63) is 89.9 Å². The molecule has 5 N–H and O–H groups in total. The zero-order valence-corrected chi connectivity index (χ0v) is 28.9. The Labute approximate surface area is 294 Å². The first-order valence-electron chi connectivity index (χ1n) is 16.2. The molecule has 5 heterocycles. The molecule has 2 amide bonds. The molecule has 3 aliphatic heterocycles.